The Labute approximate surface area is 339 Å². The third-order valence-corrected chi connectivity index (χ3v) is 12.8. The number of aromatic nitrogens is 1. The van der Waals surface area contributed by atoms with E-state index in [1.807, 2.05) is 54.3 Å². The molecule has 2 N–H and O–H groups in total. The van der Waals surface area contributed by atoms with E-state index in [4.69, 9.17) is 9.72 Å². The third kappa shape index (κ3) is 7.48. The second-order valence-corrected chi connectivity index (χ2v) is 17.1. The van der Waals surface area contributed by atoms with Crippen LogP contribution in [0, 0.1) is 18.8 Å². The lowest BCUT2D eigenvalue weighted by molar-refractivity contribution is -0.136. The summed E-state index contributed by atoms with van der Waals surface area (Å²) in [5.74, 6) is -0.567. The third-order valence-electron chi connectivity index (χ3n) is 11.9. The Morgan fingerprint density at radius 2 is 1.71 bits per heavy atom. The molecule has 1 unspecified atom stereocenters. The molecule has 14 heteroatoms. The predicted molar refractivity (Wildman–Crippen MR) is 218 cm³/mol. The minimum Gasteiger partial charge on any atom is -0.494 e. The van der Waals surface area contributed by atoms with Gasteiger partial charge in [0.1, 0.15) is 11.8 Å². The smallest absolute Gasteiger partial charge is 0.262 e. The lowest BCUT2D eigenvalue weighted by Gasteiger charge is -2.33. The average molecular weight is 801 g/mol. The van der Waals surface area contributed by atoms with Crippen LogP contribution in [0.4, 0.5) is 16.5 Å². The Morgan fingerprint density at radius 1 is 0.897 bits per heavy atom. The van der Waals surface area contributed by atoms with Gasteiger partial charge in [-0.15, -0.1) is 11.3 Å². The van der Waals surface area contributed by atoms with Crippen molar-refractivity contribution in [2.24, 2.45) is 11.8 Å². The van der Waals surface area contributed by atoms with Crippen LogP contribution < -0.4 is 25.2 Å². The predicted octanol–water partition coefficient (Wildman–Crippen LogP) is 5.69. The van der Waals surface area contributed by atoms with Crippen molar-refractivity contribution in [3.63, 3.8) is 0 Å². The summed E-state index contributed by atoms with van der Waals surface area (Å²) in [5, 5.41) is 5.77. The molecular formula is C44H44N6O7S. The number of hydrogen-bond donors (Lipinski definition) is 2. The Bertz CT molecular complexity index is 2360. The highest BCUT2D eigenvalue weighted by Crippen LogP contribution is 2.39. The monoisotopic (exact) mass is 800 g/mol. The summed E-state index contributed by atoms with van der Waals surface area (Å²) in [4.78, 5) is 87.2. The van der Waals surface area contributed by atoms with Gasteiger partial charge < -0.3 is 19.9 Å². The zero-order valence-electron chi connectivity index (χ0n) is 32.3. The number of aryl methyl sites for hydroxylation is 1. The summed E-state index contributed by atoms with van der Waals surface area (Å²) in [7, 11) is 0. The van der Waals surface area contributed by atoms with E-state index < -0.39 is 29.7 Å². The van der Waals surface area contributed by atoms with Crippen LogP contribution in [0.5, 0.6) is 5.75 Å². The quantitative estimate of drug-likeness (QED) is 0.182. The second-order valence-electron chi connectivity index (χ2n) is 15.9. The molecule has 0 bridgehead atoms. The van der Waals surface area contributed by atoms with Crippen molar-refractivity contribution in [3.8, 4) is 17.0 Å². The largest absolute Gasteiger partial charge is 0.494 e. The maximum atomic E-state index is 13.3. The van der Waals surface area contributed by atoms with E-state index in [-0.39, 0.29) is 48.1 Å². The van der Waals surface area contributed by atoms with Gasteiger partial charge in [0, 0.05) is 53.8 Å². The molecule has 0 radical (unpaired) electrons. The number of amides is 6. The number of fused-ring (bicyclic) bond motifs is 2. The van der Waals surface area contributed by atoms with Gasteiger partial charge in [-0.2, -0.15) is 0 Å². The summed E-state index contributed by atoms with van der Waals surface area (Å²) >= 11 is 1.45. The molecular weight excluding hydrogens is 757 g/mol. The van der Waals surface area contributed by atoms with E-state index in [0.717, 1.165) is 102 Å². The van der Waals surface area contributed by atoms with Crippen molar-refractivity contribution >= 4 is 63.3 Å². The van der Waals surface area contributed by atoms with Crippen LogP contribution in [0.2, 0.25) is 0 Å². The number of piperidine rings is 2. The van der Waals surface area contributed by atoms with Crippen molar-refractivity contribution in [1.82, 2.24) is 15.2 Å². The van der Waals surface area contributed by atoms with Gasteiger partial charge in [-0.25, -0.2) is 4.98 Å². The Balaban J connectivity index is 0.737. The molecule has 6 amide bonds. The number of ether oxygens (including phenoxy) is 1. The maximum Gasteiger partial charge on any atom is 0.262 e. The molecule has 9 rings (SSSR count). The zero-order valence-corrected chi connectivity index (χ0v) is 33.1. The van der Waals surface area contributed by atoms with Gasteiger partial charge in [-0.1, -0.05) is 18.2 Å². The van der Waals surface area contributed by atoms with Crippen LogP contribution >= 0.6 is 11.3 Å². The highest BCUT2D eigenvalue weighted by atomic mass is 32.1. The Kier molecular flexibility index (Phi) is 10.0. The Hall–Kier alpha value is -5.89. The number of hydrogen-bond acceptors (Lipinski definition) is 10. The number of rotatable bonds is 11. The maximum absolute atomic E-state index is 13.3. The fraction of sp³-hybridized carbons (Fsp3) is 0.386. The zero-order chi connectivity index (χ0) is 40.1. The molecule has 3 fully saturated rings. The van der Waals surface area contributed by atoms with Gasteiger partial charge in [0.2, 0.25) is 23.6 Å². The minimum absolute atomic E-state index is 0.0830. The van der Waals surface area contributed by atoms with E-state index in [1.54, 1.807) is 12.1 Å². The standard InChI is InChI=1S/C44H44N6O7S/c1-25-39(30-7-10-35-29(23-30)15-19-49(35)41(54)28-5-6-28)47-44(58-25)46-38(52)22-27-3-2-4-32(21-27)57-20-16-26-13-17-48(18-14-26)31-8-9-33-34(24-31)43(56)50(42(33)55)36-11-12-37(51)45-40(36)53/h2-4,7-10,21,23-24,26,28,36H,5-6,11-20,22H2,1H3,(H,45,51,53)(H,46,47,52). The first-order valence-electron chi connectivity index (χ1n) is 20.1. The summed E-state index contributed by atoms with van der Waals surface area (Å²) in [5.41, 5.74) is 6.27. The van der Waals surface area contributed by atoms with Gasteiger partial charge in [-0.05, 0) is 111 Å². The van der Waals surface area contributed by atoms with Crippen molar-refractivity contribution in [3.05, 3.63) is 87.8 Å². The van der Waals surface area contributed by atoms with E-state index >= 15 is 0 Å². The molecule has 1 saturated carbocycles. The number of nitrogens with one attached hydrogen (secondary N) is 2. The minimum atomic E-state index is -0.984. The van der Waals surface area contributed by atoms with Crippen molar-refractivity contribution in [2.45, 2.75) is 70.8 Å². The van der Waals surface area contributed by atoms with Crippen molar-refractivity contribution < 1.29 is 33.5 Å². The van der Waals surface area contributed by atoms with Crippen LogP contribution in [0.1, 0.15) is 81.7 Å². The van der Waals surface area contributed by atoms with E-state index in [0.29, 0.717) is 23.4 Å². The first kappa shape index (κ1) is 37.7. The molecule has 1 aliphatic carbocycles. The number of imide groups is 2. The molecule has 1 aromatic heterocycles. The molecule has 2 saturated heterocycles. The molecule has 5 aliphatic rings. The fourth-order valence-corrected chi connectivity index (χ4v) is 9.47. The van der Waals surface area contributed by atoms with E-state index in [2.05, 4.69) is 21.6 Å². The average Bonchev–Trinajstić information content (AvgIpc) is 3.82. The van der Waals surface area contributed by atoms with Gasteiger partial charge in [-0.3, -0.25) is 39.0 Å². The number of benzene rings is 3. The van der Waals surface area contributed by atoms with Gasteiger partial charge in [0.05, 0.1) is 29.8 Å². The fourth-order valence-electron chi connectivity index (χ4n) is 8.62. The molecule has 1 atom stereocenters. The lowest BCUT2D eigenvalue weighted by atomic mass is 9.93. The summed E-state index contributed by atoms with van der Waals surface area (Å²) in [6, 6.07) is 18.1. The topological polar surface area (TPSA) is 158 Å². The van der Waals surface area contributed by atoms with Crippen LogP contribution in [0.25, 0.3) is 11.3 Å². The second kappa shape index (κ2) is 15.5. The summed E-state index contributed by atoms with van der Waals surface area (Å²) < 4.78 is 6.14. The number of carbonyl (C=O) groups is 6. The van der Waals surface area contributed by atoms with E-state index in [9.17, 15) is 28.8 Å². The van der Waals surface area contributed by atoms with Gasteiger partial charge in [0.25, 0.3) is 11.8 Å². The first-order chi connectivity index (χ1) is 28.1. The molecule has 5 heterocycles. The molecule has 3 aromatic carbocycles. The molecule has 4 aromatic rings. The number of thiazole rings is 1. The summed E-state index contributed by atoms with van der Waals surface area (Å²) in [6.45, 7) is 4.87. The van der Waals surface area contributed by atoms with Gasteiger partial charge in [0.15, 0.2) is 5.13 Å². The number of nitrogens with zero attached hydrogens (tertiary/aromatic N) is 4. The van der Waals surface area contributed by atoms with Crippen LogP contribution in [-0.4, -0.2) is 77.6 Å². The summed E-state index contributed by atoms with van der Waals surface area (Å²) in [6.07, 6.45) is 5.99. The SMILES string of the molecule is Cc1sc(NC(=O)Cc2cccc(OCCC3CCN(c4ccc5c(c4)C(=O)N(C4CCC(=O)NC4=O)C5=O)CC3)c2)nc1-c1ccc2c(c1)CCN2C(=O)C1CC1. The first-order valence-corrected chi connectivity index (χ1v) is 21.0. The molecule has 298 valence electrons. The normalized spacial score (nSPS) is 19.3. The highest BCUT2D eigenvalue weighted by Gasteiger charge is 2.45. The molecule has 4 aliphatic heterocycles. The molecule has 0 spiro atoms. The molecule has 58 heavy (non-hydrogen) atoms. The Morgan fingerprint density at radius 3 is 2.50 bits per heavy atom. The van der Waals surface area contributed by atoms with Crippen LogP contribution in [-0.2, 0) is 32.0 Å². The van der Waals surface area contributed by atoms with Gasteiger partial charge >= 0.3 is 0 Å². The number of carbonyl (C=O) groups excluding carboxylic acids is 6. The lowest BCUT2D eigenvalue weighted by Crippen LogP contribution is -2.54. The highest BCUT2D eigenvalue weighted by molar-refractivity contribution is 7.16. The van der Waals surface area contributed by atoms with E-state index in [1.165, 1.54) is 11.3 Å². The van der Waals surface area contributed by atoms with Crippen LogP contribution in [0.15, 0.2) is 60.7 Å². The number of anilines is 3. The van der Waals surface area contributed by atoms with Crippen molar-refractivity contribution in [1.29, 1.82) is 0 Å². The molecule has 13 nitrogen and oxygen atoms in total. The van der Waals surface area contributed by atoms with Crippen LogP contribution in [0.3, 0.4) is 0 Å². The van der Waals surface area contributed by atoms with Crippen molar-refractivity contribution in [2.75, 3.05) is 41.4 Å².